The lowest BCUT2D eigenvalue weighted by Crippen LogP contribution is -2.47. The van der Waals surface area contributed by atoms with E-state index in [1.54, 1.807) is 0 Å². The Hall–Kier alpha value is -3.51. The summed E-state index contributed by atoms with van der Waals surface area (Å²) in [5, 5.41) is 4.51. The number of fused-ring (bicyclic) bond motifs is 1. The van der Waals surface area contributed by atoms with E-state index in [2.05, 4.69) is 58.4 Å². The van der Waals surface area contributed by atoms with Crippen molar-refractivity contribution in [3.8, 4) is 22.3 Å². The van der Waals surface area contributed by atoms with Crippen LogP contribution in [0, 0.1) is 0 Å². The van der Waals surface area contributed by atoms with Gasteiger partial charge in [-0.2, -0.15) is 5.10 Å². The van der Waals surface area contributed by atoms with E-state index in [0.29, 0.717) is 6.42 Å². The van der Waals surface area contributed by atoms with E-state index in [9.17, 15) is 4.79 Å². The summed E-state index contributed by atoms with van der Waals surface area (Å²) in [6.07, 6.45) is 7.10. The molecule has 2 aromatic carbocycles. The molecule has 1 aliphatic rings. The molecule has 1 amide bonds. The molecule has 1 saturated heterocycles. The third kappa shape index (κ3) is 4.27. The number of benzene rings is 2. The normalized spacial score (nSPS) is 14.7. The number of rotatable bonds is 5. The second-order valence-electron chi connectivity index (χ2n) is 8.42. The topological polar surface area (TPSA) is 53.7 Å². The Balaban J connectivity index is 1.26. The van der Waals surface area contributed by atoms with Gasteiger partial charge in [0.05, 0.1) is 6.20 Å². The highest BCUT2D eigenvalue weighted by Gasteiger charge is 2.18. The van der Waals surface area contributed by atoms with E-state index in [4.69, 9.17) is 0 Å². The average molecular weight is 426 g/mol. The van der Waals surface area contributed by atoms with Gasteiger partial charge in [-0.25, -0.2) is 9.50 Å². The third-order valence-electron chi connectivity index (χ3n) is 6.21. The Morgan fingerprint density at radius 3 is 2.38 bits per heavy atom. The lowest BCUT2D eigenvalue weighted by Gasteiger charge is -2.32. The van der Waals surface area contributed by atoms with Crippen LogP contribution in [0.4, 0.5) is 0 Å². The largest absolute Gasteiger partial charge is 0.340 e. The molecule has 0 bridgehead atoms. The first-order valence-corrected chi connectivity index (χ1v) is 11.1. The fourth-order valence-electron chi connectivity index (χ4n) is 4.17. The highest BCUT2D eigenvalue weighted by atomic mass is 16.2. The summed E-state index contributed by atoms with van der Waals surface area (Å²) in [5.41, 5.74) is 6.26. The Morgan fingerprint density at radius 1 is 0.875 bits per heavy atom. The molecule has 162 valence electrons. The van der Waals surface area contributed by atoms with Gasteiger partial charge in [0.1, 0.15) is 0 Å². The first-order valence-electron chi connectivity index (χ1n) is 11.1. The summed E-state index contributed by atoms with van der Waals surface area (Å²) in [7, 11) is 2.10. The maximum atomic E-state index is 12.5. The van der Waals surface area contributed by atoms with E-state index < -0.39 is 0 Å². The third-order valence-corrected chi connectivity index (χ3v) is 6.21. The smallest absolute Gasteiger partial charge is 0.222 e. The standard InChI is InChI=1S/C26H27N5O/c1-29-13-15-30(16-14-29)25(32)12-9-20-7-10-21(11-8-20)23-17-27-26-24(18-28-31(26)19-23)22-5-3-2-4-6-22/h2-8,10-11,17-19H,9,12-16H2,1H3. The molecule has 0 N–H and O–H groups in total. The van der Waals surface area contributed by atoms with Crippen LogP contribution in [0.15, 0.2) is 73.2 Å². The van der Waals surface area contributed by atoms with E-state index in [1.807, 2.05) is 46.2 Å². The molecule has 6 heteroatoms. The Kier molecular flexibility index (Phi) is 5.69. The first-order chi connectivity index (χ1) is 15.7. The fourth-order valence-corrected chi connectivity index (χ4v) is 4.17. The molecule has 1 aliphatic heterocycles. The molecule has 0 atom stereocenters. The fraction of sp³-hybridized carbons (Fsp3) is 0.269. The van der Waals surface area contributed by atoms with E-state index in [1.165, 1.54) is 5.56 Å². The second-order valence-corrected chi connectivity index (χ2v) is 8.42. The number of hydrogen-bond acceptors (Lipinski definition) is 4. The molecule has 5 rings (SSSR count). The number of amides is 1. The summed E-state index contributed by atoms with van der Waals surface area (Å²) < 4.78 is 1.83. The van der Waals surface area contributed by atoms with Gasteiger partial charge in [0.2, 0.25) is 5.91 Å². The number of nitrogens with zero attached hydrogens (tertiary/aromatic N) is 5. The number of piperazine rings is 1. The maximum absolute atomic E-state index is 12.5. The predicted molar refractivity (Wildman–Crippen MR) is 126 cm³/mol. The minimum atomic E-state index is 0.254. The Morgan fingerprint density at radius 2 is 1.62 bits per heavy atom. The lowest BCUT2D eigenvalue weighted by molar-refractivity contribution is -0.132. The molecule has 0 unspecified atom stereocenters. The van der Waals surface area contributed by atoms with Crippen LogP contribution in [0.2, 0.25) is 0 Å². The van der Waals surface area contributed by atoms with Gasteiger partial charge < -0.3 is 9.80 Å². The zero-order valence-corrected chi connectivity index (χ0v) is 18.3. The van der Waals surface area contributed by atoms with Crippen LogP contribution in [0.3, 0.4) is 0 Å². The Bertz CT molecular complexity index is 1210. The van der Waals surface area contributed by atoms with E-state index in [-0.39, 0.29) is 5.91 Å². The maximum Gasteiger partial charge on any atom is 0.222 e. The molecule has 6 nitrogen and oxygen atoms in total. The van der Waals surface area contributed by atoms with Gasteiger partial charge in [-0.1, -0.05) is 54.6 Å². The quantitative estimate of drug-likeness (QED) is 0.488. The van der Waals surface area contributed by atoms with Crippen molar-refractivity contribution in [2.75, 3.05) is 33.2 Å². The van der Waals surface area contributed by atoms with Crippen LogP contribution in [0.5, 0.6) is 0 Å². The van der Waals surface area contributed by atoms with Gasteiger partial charge in [0, 0.05) is 56.1 Å². The first kappa shape index (κ1) is 20.4. The highest BCUT2D eigenvalue weighted by Crippen LogP contribution is 2.25. The number of aromatic nitrogens is 3. The average Bonchev–Trinajstić information content (AvgIpc) is 3.27. The van der Waals surface area contributed by atoms with Gasteiger partial charge in [-0.05, 0) is 30.2 Å². The summed E-state index contributed by atoms with van der Waals surface area (Å²) in [5.74, 6) is 0.254. The number of likely N-dealkylation sites (N-methyl/N-ethyl adjacent to an activating group) is 1. The zero-order valence-electron chi connectivity index (χ0n) is 18.3. The van der Waals surface area contributed by atoms with Crippen LogP contribution < -0.4 is 0 Å². The second kappa shape index (κ2) is 8.93. The number of hydrogen-bond donors (Lipinski definition) is 0. The molecule has 3 heterocycles. The van der Waals surface area contributed by atoms with Crippen LogP contribution in [-0.2, 0) is 11.2 Å². The summed E-state index contributed by atoms with van der Waals surface area (Å²) in [6.45, 7) is 3.59. The monoisotopic (exact) mass is 425 g/mol. The molecule has 0 saturated carbocycles. The molecule has 0 radical (unpaired) electrons. The molecule has 0 spiro atoms. The number of carbonyl (C=O) groups excluding carboxylic acids is 1. The van der Waals surface area contributed by atoms with Gasteiger partial charge in [0.15, 0.2) is 5.65 Å². The van der Waals surface area contributed by atoms with Crippen molar-refractivity contribution < 1.29 is 4.79 Å². The SMILES string of the molecule is CN1CCN(C(=O)CCc2ccc(-c3cnc4c(-c5ccccc5)cnn4c3)cc2)CC1. The van der Waals surface area contributed by atoms with Crippen molar-refractivity contribution in [1.29, 1.82) is 0 Å². The van der Waals surface area contributed by atoms with E-state index >= 15 is 0 Å². The minimum absolute atomic E-state index is 0.254. The highest BCUT2D eigenvalue weighted by molar-refractivity contribution is 5.78. The van der Waals surface area contributed by atoms with Crippen molar-refractivity contribution in [3.63, 3.8) is 0 Å². The molecule has 2 aromatic heterocycles. The van der Waals surface area contributed by atoms with Gasteiger partial charge >= 0.3 is 0 Å². The lowest BCUT2D eigenvalue weighted by atomic mass is 10.0. The summed E-state index contributed by atoms with van der Waals surface area (Å²) >= 11 is 0. The minimum Gasteiger partial charge on any atom is -0.340 e. The molecule has 32 heavy (non-hydrogen) atoms. The van der Waals surface area contributed by atoms with Crippen molar-refractivity contribution in [2.24, 2.45) is 0 Å². The predicted octanol–water partition coefficient (Wildman–Crippen LogP) is 3.77. The van der Waals surface area contributed by atoms with Crippen LogP contribution in [0.25, 0.3) is 27.9 Å². The van der Waals surface area contributed by atoms with Gasteiger partial charge in [0.25, 0.3) is 0 Å². The van der Waals surface area contributed by atoms with Crippen molar-refractivity contribution in [3.05, 3.63) is 78.8 Å². The summed E-state index contributed by atoms with van der Waals surface area (Å²) in [4.78, 5) is 21.4. The van der Waals surface area contributed by atoms with Gasteiger partial charge in [-0.15, -0.1) is 0 Å². The van der Waals surface area contributed by atoms with Gasteiger partial charge in [-0.3, -0.25) is 4.79 Å². The van der Waals surface area contributed by atoms with Crippen LogP contribution in [0.1, 0.15) is 12.0 Å². The number of aryl methyl sites for hydroxylation is 1. The molecule has 0 aliphatic carbocycles. The van der Waals surface area contributed by atoms with E-state index in [0.717, 1.165) is 60.5 Å². The molecular formula is C26H27N5O. The van der Waals surface area contributed by atoms with Crippen molar-refractivity contribution >= 4 is 11.6 Å². The Labute approximate surface area is 188 Å². The van der Waals surface area contributed by atoms with Crippen molar-refractivity contribution in [1.82, 2.24) is 24.4 Å². The molecular weight excluding hydrogens is 398 g/mol. The number of carbonyl (C=O) groups is 1. The summed E-state index contributed by atoms with van der Waals surface area (Å²) in [6, 6.07) is 18.6. The van der Waals surface area contributed by atoms with Crippen molar-refractivity contribution in [2.45, 2.75) is 12.8 Å². The zero-order chi connectivity index (χ0) is 21.9. The van der Waals surface area contributed by atoms with Crippen LogP contribution >= 0.6 is 0 Å². The van der Waals surface area contributed by atoms with Crippen LogP contribution in [-0.4, -0.2) is 63.5 Å². The molecule has 4 aromatic rings. The molecule has 1 fully saturated rings.